The highest BCUT2D eigenvalue weighted by Gasteiger charge is 2.24. The average Bonchev–Trinajstić information content (AvgIpc) is 3.24. The normalized spacial score (nSPS) is 14.2. The molecular weight excluding hydrogens is 426 g/mol. The summed E-state index contributed by atoms with van der Waals surface area (Å²) >= 11 is 6.05. The number of anilines is 1. The second kappa shape index (κ2) is 8.75. The number of carbonyl (C=O) groups excluding carboxylic acids is 2. The number of halogens is 1. The lowest BCUT2D eigenvalue weighted by Gasteiger charge is -2.18. The number of likely N-dealkylation sites (tertiary alicyclic amines) is 1. The van der Waals surface area contributed by atoms with Gasteiger partial charge in [0.1, 0.15) is 4.90 Å². The number of sulfonamides is 1. The molecular formula is C21H24ClN3O4S. The number of nitrogens with zero attached hydrogens (tertiary/aromatic N) is 2. The molecule has 0 bridgehead atoms. The van der Waals surface area contributed by atoms with Crippen LogP contribution >= 0.6 is 11.6 Å². The second-order valence-electron chi connectivity index (χ2n) is 7.36. The largest absolute Gasteiger partial charge is 0.339 e. The van der Waals surface area contributed by atoms with Crippen LogP contribution in [0.2, 0.25) is 5.02 Å². The molecule has 0 unspecified atom stereocenters. The Kier molecular flexibility index (Phi) is 6.50. The maximum Gasteiger partial charge on any atom is 0.255 e. The third-order valence-corrected chi connectivity index (χ3v) is 7.45. The number of hydrogen-bond donors (Lipinski definition) is 1. The lowest BCUT2D eigenvalue weighted by atomic mass is 10.0. The summed E-state index contributed by atoms with van der Waals surface area (Å²) in [5.74, 6) is -0.539. The van der Waals surface area contributed by atoms with Gasteiger partial charge in [-0.15, -0.1) is 0 Å². The molecule has 0 saturated carbocycles. The number of nitrogens with one attached hydrogen (secondary N) is 1. The summed E-state index contributed by atoms with van der Waals surface area (Å²) in [5.41, 5.74) is 1.85. The van der Waals surface area contributed by atoms with Crippen molar-refractivity contribution in [3.63, 3.8) is 0 Å². The van der Waals surface area contributed by atoms with Crippen LogP contribution < -0.4 is 5.32 Å². The second-order valence-corrected chi connectivity index (χ2v) is 9.89. The van der Waals surface area contributed by atoms with Gasteiger partial charge in [0.15, 0.2) is 0 Å². The summed E-state index contributed by atoms with van der Waals surface area (Å²) < 4.78 is 25.9. The van der Waals surface area contributed by atoms with E-state index in [0.717, 1.165) is 30.2 Å². The van der Waals surface area contributed by atoms with Crippen LogP contribution in [0.1, 0.15) is 39.1 Å². The van der Waals surface area contributed by atoms with Crippen LogP contribution in [0.5, 0.6) is 0 Å². The van der Waals surface area contributed by atoms with Crippen LogP contribution in [0.25, 0.3) is 0 Å². The zero-order valence-electron chi connectivity index (χ0n) is 17.1. The first-order valence-electron chi connectivity index (χ1n) is 9.55. The number of hydrogen-bond acceptors (Lipinski definition) is 4. The van der Waals surface area contributed by atoms with Gasteiger partial charge in [-0.2, -0.15) is 0 Å². The van der Waals surface area contributed by atoms with E-state index in [1.54, 1.807) is 25.1 Å². The van der Waals surface area contributed by atoms with Gasteiger partial charge >= 0.3 is 0 Å². The van der Waals surface area contributed by atoms with Crippen molar-refractivity contribution in [2.24, 2.45) is 0 Å². The van der Waals surface area contributed by atoms with E-state index in [-0.39, 0.29) is 21.4 Å². The molecule has 1 aliphatic heterocycles. The lowest BCUT2D eigenvalue weighted by Crippen LogP contribution is -2.28. The topological polar surface area (TPSA) is 86.8 Å². The quantitative estimate of drug-likeness (QED) is 0.758. The van der Waals surface area contributed by atoms with Gasteiger partial charge in [-0.05, 0) is 55.7 Å². The molecule has 0 radical (unpaired) electrons. The molecule has 0 atom stereocenters. The van der Waals surface area contributed by atoms with Gasteiger partial charge in [-0.3, -0.25) is 9.59 Å². The molecule has 0 aromatic heterocycles. The van der Waals surface area contributed by atoms with Crippen LogP contribution in [0.15, 0.2) is 41.3 Å². The first-order chi connectivity index (χ1) is 14.1. The molecule has 2 aromatic rings. The fourth-order valence-corrected chi connectivity index (χ4v) is 4.72. The molecule has 1 aliphatic rings. The van der Waals surface area contributed by atoms with Crippen LogP contribution in [0.4, 0.5) is 5.69 Å². The van der Waals surface area contributed by atoms with Crippen molar-refractivity contribution in [2.75, 3.05) is 32.5 Å². The Bertz CT molecular complexity index is 1090. The van der Waals surface area contributed by atoms with Crippen molar-refractivity contribution in [2.45, 2.75) is 24.7 Å². The van der Waals surface area contributed by atoms with E-state index in [4.69, 9.17) is 11.6 Å². The Morgan fingerprint density at radius 1 is 1.10 bits per heavy atom. The lowest BCUT2D eigenvalue weighted by molar-refractivity contribution is 0.0791. The van der Waals surface area contributed by atoms with Gasteiger partial charge in [0.2, 0.25) is 10.0 Å². The third-order valence-electron chi connectivity index (χ3n) is 5.16. The minimum atomic E-state index is -3.80. The fourth-order valence-electron chi connectivity index (χ4n) is 3.33. The predicted octanol–water partition coefficient (Wildman–Crippen LogP) is 3.39. The maximum atomic E-state index is 12.8. The van der Waals surface area contributed by atoms with Crippen molar-refractivity contribution in [1.82, 2.24) is 9.21 Å². The fraction of sp³-hybridized carbons (Fsp3) is 0.333. The molecule has 1 N–H and O–H groups in total. The van der Waals surface area contributed by atoms with Gasteiger partial charge in [-0.25, -0.2) is 12.7 Å². The van der Waals surface area contributed by atoms with Crippen molar-refractivity contribution in [3.05, 3.63) is 58.1 Å². The van der Waals surface area contributed by atoms with Crippen molar-refractivity contribution < 1.29 is 18.0 Å². The Balaban J connectivity index is 1.88. The summed E-state index contributed by atoms with van der Waals surface area (Å²) in [5, 5.41) is 2.82. The smallest absolute Gasteiger partial charge is 0.255 e. The van der Waals surface area contributed by atoms with E-state index < -0.39 is 15.9 Å². The van der Waals surface area contributed by atoms with Crippen molar-refractivity contribution in [3.8, 4) is 0 Å². The Morgan fingerprint density at radius 3 is 2.40 bits per heavy atom. The molecule has 2 aromatic carbocycles. The van der Waals surface area contributed by atoms with E-state index in [0.29, 0.717) is 16.8 Å². The highest BCUT2D eigenvalue weighted by Crippen LogP contribution is 2.26. The molecule has 2 amide bonds. The third kappa shape index (κ3) is 4.35. The first-order valence-corrected chi connectivity index (χ1v) is 11.4. The van der Waals surface area contributed by atoms with Gasteiger partial charge in [0.25, 0.3) is 11.8 Å². The Hall–Kier alpha value is -2.42. The molecule has 1 fully saturated rings. The molecule has 30 heavy (non-hydrogen) atoms. The molecule has 0 spiro atoms. The highest BCUT2D eigenvalue weighted by atomic mass is 35.5. The SMILES string of the molecule is Cc1c(NC(=O)c2ccc(Cl)c(S(=O)(=O)N(C)C)c2)cccc1C(=O)N1CCCC1. The molecule has 3 rings (SSSR count). The van der Waals surface area contributed by atoms with Crippen LogP contribution in [0.3, 0.4) is 0 Å². The van der Waals surface area contributed by atoms with Crippen LogP contribution in [-0.4, -0.2) is 56.6 Å². The summed E-state index contributed by atoms with van der Waals surface area (Å²) in [6, 6.07) is 9.27. The van der Waals surface area contributed by atoms with Gasteiger partial charge < -0.3 is 10.2 Å². The van der Waals surface area contributed by atoms with E-state index in [2.05, 4.69) is 5.32 Å². The molecule has 7 nitrogen and oxygen atoms in total. The van der Waals surface area contributed by atoms with Crippen molar-refractivity contribution in [1.29, 1.82) is 0 Å². The predicted molar refractivity (Wildman–Crippen MR) is 117 cm³/mol. The minimum absolute atomic E-state index is 0.0367. The van der Waals surface area contributed by atoms with Gasteiger partial charge in [0, 0.05) is 44.0 Å². The highest BCUT2D eigenvalue weighted by molar-refractivity contribution is 7.89. The summed E-state index contributed by atoms with van der Waals surface area (Å²) in [6.07, 6.45) is 1.99. The molecule has 160 valence electrons. The summed E-state index contributed by atoms with van der Waals surface area (Å²) in [6.45, 7) is 3.26. The molecule has 1 heterocycles. The zero-order chi connectivity index (χ0) is 22.1. The molecule has 9 heteroatoms. The van der Waals surface area contributed by atoms with E-state index in [9.17, 15) is 18.0 Å². The van der Waals surface area contributed by atoms with Crippen LogP contribution in [0, 0.1) is 6.92 Å². The Morgan fingerprint density at radius 2 is 1.77 bits per heavy atom. The van der Waals surface area contributed by atoms with Gasteiger partial charge in [0.05, 0.1) is 5.02 Å². The zero-order valence-corrected chi connectivity index (χ0v) is 18.7. The monoisotopic (exact) mass is 449 g/mol. The van der Waals surface area contributed by atoms with E-state index >= 15 is 0 Å². The van der Waals surface area contributed by atoms with E-state index in [1.807, 2.05) is 4.90 Å². The summed E-state index contributed by atoms with van der Waals surface area (Å²) in [7, 11) is -1.01. The Labute approximate surface area is 181 Å². The molecule has 1 saturated heterocycles. The van der Waals surface area contributed by atoms with Crippen molar-refractivity contribution >= 4 is 39.1 Å². The number of benzene rings is 2. The van der Waals surface area contributed by atoms with Gasteiger partial charge in [-0.1, -0.05) is 17.7 Å². The maximum absolute atomic E-state index is 12.8. The van der Waals surface area contributed by atoms with E-state index in [1.165, 1.54) is 32.3 Å². The number of rotatable bonds is 5. The standard InChI is InChI=1S/C21H24ClN3O4S/c1-14-16(21(27)25-11-4-5-12-25)7-6-8-18(14)23-20(26)15-9-10-17(22)19(13-15)30(28,29)24(2)3/h6-10,13H,4-5,11-12H2,1-3H3,(H,23,26). The number of amides is 2. The van der Waals surface area contributed by atoms with Crippen LogP contribution in [-0.2, 0) is 10.0 Å². The first kappa shape index (κ1) is 22.3. The average molecular weight is 450 g/mol. The minimum Gasteiger partial charge on any atom is -0.339 e. The summed E-state index contributed by atoms with van der Waals surface area (Å²) in [4.78, 5) is 27.2. The number of carbonyl (C=O) groups is 2. The molecule has 0 aliphatic carbocycles.